The first-order valence-corrected chi connectivity index (χ1v) is 11.1. The predicted molar refractivity (Wildman–Crippen MR) is 137 cm³/mol. The van der Waals surface area contributed by atoms with Crippen LogP contribution in [-0.4, -0.2) is 31.5 Å². The minimum atomic E-state index is -0.620. The molecular weight excluding hydrogens is 482 g/mol. The zero-order valence-electron chi connectivity index (χ0n) is 19.5. The number of amides is 2. The number of nitriles is 1. The third-order valence-corrected chi connectivity index (χ3v) is 5.33. The van der Waals surface area contributed by atoms with E-state index in [0.29, 0.717) is 33.3 Å². The molecule has 2 N–H and O–H groups in total. The molecule has 0 fully saturated rings. The van der Waals surface area contributed by atoms with Crippen molar-refractivity contribution < 1.29 is 23.9 Å². The highest BCUT2D eigenvalue weighted by Crippen LogP contribution is 2.20. The molecular formula is C27H22ClN3O5. The van der Waals surface area contributed by atoms with E-state index in [2.05, 4.69) is 15.4 Å². The van der Waals surface area contributed by atoms with Crippen molar-refractivity contribution in [2.24, 2.45) is 0 Å². The first kappa shape index (κ1) is 26.0. The second-order valence-electron chi connectivity index (χ2n) is 7.57. The van der Waals surface area contributed by atoms with Crippen molar-refractivity contribution in [2.45, 2.75) is 6.92 Å². The average molecular weight is 504 g/mol. The Bertz CT molecular complexity index is 1360. The van der Waals surface area contributed by atoms with Crippen molar-refractivity contribution in [2.75, 3.05) is 24.4 Å². The van der Waals surface area contributed by atoms with Crippen molar-refractivity contribution in [3.05, 3.63) is 94.0 Å². The Hall–Kier alpha value is -4.61. The maximum Gasteiger partial charge on any atom is 0.337 e. The van der Waals surface area contributed by atoms with Crippen LogP contribution in [0.15, 0.2) is 72.3 Å². The van der Waals surface area contributed by atoms with Gasteiger partial charge in [0.1, 0.15) is 17.4 Å². The SMILES string of the molecule is COC(=O)c1ccc(NC(=O)/C(C#N)=C\c2cccc(OCC(=O)Nc3ccc(C)c(Cl)c3)c2)cc1. The fourth-order valence-electron chi connectivity index (χ4n) is 3.03. The molecule has 3 rings (SSSR count). The van der Waals surface area contributed by atoms with Crippen LogP contribution in [0, 0.1) is 18.3 Å². The van der Waals surface area contributed by atoms with Crippen molar-refractivity contribution in [3.8, 4) is 11.8 Å². The lowest BCUT2D eigenvalue weighted by Gasteiger charge is -2.09. The van der Waals surface area contributed by atoms with Crippen LogP contribution in [0.4, 0.5) is 11.4 Å². The number of hydrogen-bond donors (Lipinski definition) is 2. The molecule has 0 saturated carbocycles. The summed E-state index contributed by atoms with van der Waals surface area (Å²) < 4.78 is 10.2. The molecule has 0 bridgehead atoms. The van der Waals surface area contributed by atoms with E-state index in [4.69, 9.17) is 16.3 Å². The van der Waals surface area contributed by atoms with E-state index in [1.807, 2.05) is 13.0 Å². The Balaban J connectivity index is 1.62. The summed E-state index contributed by atoms with van der Waals surface area (Å²) in [5.41, 5.74) is 2.59. The van der Waals surface area contributed by atoms with Crippen LogP contribution in [0.5, 0.6) is 5.75 Å². The van der Waals surface area contributed by atoms with Crippen LogP contribution in [0.3, 0.4) is 0 Å². The lowest BCUT2D eigenvalue weighted by Crippen LogP contribution is -2.20. The minimum absolute atomic E-state index is 0.141. The van der Waals surface area contributed by atoms with Gasteiger partial charge < -0.3 is 20.1 Å². The Labute approximate surface area is 213 Å². The average Bonchev–Trinajstić information content (AvgIpc) is 2.88. The van der Waals surface area contributed by atoms with Crippen LogP contribution in [-0.2, 0) is 14.3 Å². The maximum absolute atomic E-state index is 12.6. The summed E-state index contributed by atoms with van der Waals surface area (Å²) in [5.74, 6) is -1.10. The smallest absolute Gasteiger partial charge is 0.337 e. The highest BCUT2D eigenvalue weighted by atomic mass is 35.5. The standard InChI is InChI=1S/C27H22ClN3O5/c1-17-6-9-22(14-24(17)28)30-25(32)16-36-23-5-3-4-18(13-23)12-20(15-29)26(33)31-21-10-7-19(8-11-21)27(34)35-2/h3-14H,16H2,1-2H3,(H,30,32)(H,31,33)/b20-12-. The summed E-state index contributed by atoms with van der Waals surface area (Å²) in [6, 6.07) is 19.8. The van der Waals surface area contributed by atoms with E-state index < -0.39 is 11.9 Å². The molecule has 2 amide bonds. The second-order valence-corrected chi connectivity index (χ2v) is 7.97. The minimum Gasteiger partial charge on any atom is -0.484 e. The molecule has 0 aromatic heterocycles. The zero-order chi connectivity index (χ0) is 26.1. The molecule has 182 valence electrons. The topological polar surface area (TPSA) is 118 Å². The first-order chi connectivity index (χ1) is 17.3. The molecule has 3 aromatic carbocycles. The quantitative estimate of drug-likeness (QED) is 0.254. The summed E-state index contributed by atoms with van der Waals surface area (Å²) in [4.78, 5) is 36.3. The molecule has 0 radical (unpaired) electrons. The zero-order valence-corrected chi connectivity index (χ0v) is 20.3. The highest BCUT2D eigenvalue weighted by Gasteiger charge is 2.12. The molecule has 0 saturated heterocycles. The van der Waals surface area contributed by atoms with Crippen molar-refractivity contribution in [1.29, 1.82) is 5.26 Å². The van der Waals surface area contributed by atoms with Crippen molar-refractivity contribution in [3.63, 3.8) is 0 Å². The predicted octanol–water partition coefficient (Wildman–Crippen LogP) is 5.00. The fourth-order valence-corrected chi connectivity index (χ4v) is 3.21. The summed E-state index contributed by atoms with van der Waals surface area (Å²) >= 11 is 6.08. The fraction of sp³-hybridized carbons (Fsp3) is 0.111. The number of esters is 1. The van der Waals surface area contributed by atoms with E-state index in [0.717, 1.165) is 5.56 Å². The van der Waals surface area contributed by atoms with E-state index in [-0.39, 0.29) is 18.1 Å². The van der Waals surface area contributed by atoms with Gasteiger partial charge in [-0.1, -0.05) is 29.8 Å². The monoisotopic (exact) mass is 503 g/mol. The number of halogens is 1. The second kappa shape index (κ2) is 12.2. The molecule has 0 spiro atoms. The number of nitrogens with one attached hydrogen (secondary N) is 2. The van der Waals surface area contributed by atoms with Gasteiger partial charge in [0, 0.05) is 16.4 Å². The highest BCUT2D eigenvalue weighted by molar-refractivity contribution is 6.31. The molecule has 0 aliphatic rings. The molecule has 0 aliphatic carbocycles. The molecule has 8 nitrogen and oxygen atoms in total. The number of aryl methyl sites for hydroxylation is 1. The van der Waals surface area contributed by atoms with E-state index in [1.165, 1.54) is 37.5 Å². The Morgan fingerprint density at radius 1 is 1.00 bits per heavy atom. The van der Waals surface area contributed by atoms with Gasteiger partial charge in [0.15, 0.2) is 6.61 Å². The number of methoxy groups -OCH3 is 1. The van der Waals surface area contributed by atoms with E-state index in [9.17, 15) is 19.6 Å². The largest absolute Gasteiger partial charge is 0.484 e. The lowest BCUT2D eigenvalue weighted by molar-refractivity contribution is -0.118. The number of benzene rings is 3. The third kappa shape index (κ3) is 7.19. The van der Waals surface area contributed by atoms with Crippen molar-refractivity contribution >= 4 is 46.8 Å². The van der Waals surface area contributed by atoms with Crippen LogP contribution in [0.1, 0.15) is 21.5 Å². The number of hydrogen-bond acceptors (Lipinski definition) is 6. The van der Waals surface area contributed by atoms with Crippen molar-refractivity contribution in [1.82, 2.24) is 0 Å². The first-order valence-electron chi connectivity index (χ1n) is 10.7. The molecule has 0 unspecified atom stereocenters. The van der Waals surface area contributed by atoms with Gasteiger partial charge in [0.05, 0.1) is 12.7 Å². The van der Waals surface area contributed by atoms with Gasteiger partial charge in [-0.2, -0.15) is 5.26 Å². The Kier molecular flexibility index (Phi) is 8.81. The number of rotatable bonds is 8. The van der Waals surface area contributed by atoms with Crippen LogP contribution < -0.4 is 15.4 Å². The Morgan fingerprint density at radius 3 is 2.39 bits per heavy atom. The number of carbonyl (C=O) groups excluding carboxylic acids is 3. The lowest BCUT2D eigenvalue weighted by atomic mass is 10.1. The number of anilines is 2. The van der Waals surface area contributed by atoms with Gasteiger partial charge in [-0.05, 0) is 72.7 Å². The molecule has 0 atom stereocenters. The summed E-state index contributed by atoms with van der Waals surface area (Å²) in [6.45, 7) is 1.62. The third-order valence-electron chi connectivity index (χ3n) is 4.92. The number of ether oxygens (including phenoxy) is 2. The summed E-state index contributed by atoms with van der Waals surface area (Å²) in [5, 5.41) is 15.3. The normalized spacial score (nSPS) is 10.7. The number of carbonyl (C=O) groups is 3. The van der Waals surface area contributed by atoms with Crippen LogP contribution in [0.25, 0.3) is 6.08 Å². The van der Waals surface area contributed by atoms with Gasteiger partial charge >= 0.3 is 5.97 Å². The molecule has 9 heteroatoms. The summed E-state index contributed by atoms with van der Waals surface area (Å²) in [7, 11) is 1.28. The van der Waals surface area contributed by atoms with Crippen LogP contribution in [0.2, 0.25) is 5.02 Å². The van der Waals surface area contributed by atoms with E-state index >= 15 is 0 Å². The van der Waals surface area contributed by atoms with Gasteiger partial charge in [-0.3, -0.25) is 9.59 Å². The van der Waals surface area contributed by atoms with E-state index in [1.54, 1.807) is 42.5 Å². The summed E-state index contributed by atoms with van der Waals surface area (Å²) in [6.07, 6.45) is 1.40. The Morgan fingerprint density at radius 2 is 1.72 bits per heavy atom. The van der Waals surface area contributed by atoms with Crippen LogP contribution >= 0.6 is 11.6 Å². The molecule has 36 heavy (non-hydrogen) atoms. The molecule has 3 aromatic rings. The maximum atomic E-state index is 12.6. The molecule has 0 aliphatic heterocycles. The van der Waals surface area contributed by atoms with Gasteiger partial charge in [0.25, 0.3) is 11.8 Å². The van der Waals surface area contributed by atoms with Gasteiger partial charge in [-0.25, -0.2) is 4.79 Å². The van der Waals surface area contributed by atoms with Gasteiger partial charge in [0.2, 0.25) is 0 Å². The number of nitrogens with zero attached hydrogens (tertiary/aromatic N) is 1. The molecule has 0 heterocycles. The van der Waals surface area contributed by atoms with Gasteiger partial charge in [-0.15, -0.1) is 0 Å².